The number of rotatable bonds is 7. The van der Waals surface area contributed by atoms with E-state index < -0.39 is 22.3 Å². The summed E-state index contributed by atoms with van der Waals surface area (Å²) in [5.41, 5.74) is 1.55. The highest BCUT2D eigenvalue weighted by Crippen LogP contribution is 2.23. The zero-order chi connectivity index (χ0) is 16.2. The van der Waals surface area contributed by atoms with Crippen LogP contribution in [0.25, 0.3) is 0 Å². The molecule has 0 amide bonds. The maximum absolute atomic E-state index is 10.8. The van der Waals surface area contributed by atoms with E-state index in [2.05, 4.69) is 4.18 Å². The van der Waals surface area contributed by atoms with Gasteiger partial charge in [0.15, 0.2) is 0 Å². The van der Waals surface area contributed by atoms with Crippen LogP contribution in [0.2, 0.25) is 0 Å². The molecule has 1 aromatic carbocycles. The number of benzene rings is 1. The Morgan fingerprint density at radius 3 is 2.43 bits per heavy atom. The van der Waals surface area contributed by atoms with Crippen LogP contribution in [0.4, 0.5) is 0 Å². The summed E-state index contributed by atoms with van der Waals surface area (Å²) in [4.78, 5) is 10.8. The summed E-state index contributed by atoms with van der Waals surface area (Å²) in [7, 11) is -4.53. The highest BCUT2D eigenvalue weighted by molar-refractivity contribution is 7.81. The lowest BCUT2D eigenvalue weighted by molar-refractivity contribution is -0.141. The summed E-state index contributed by atoms with van der Waals surface area (Å²) in [5.74, 6) is -0.949. The molecule has 1 rings (SSSR count). The van der Waals surface area contributed by atoms with E-state index in [0.29, 0.717) is 18.4 Å². The predicted octanol–water partition coefficient (Wildman–Crippen LogP) is 2.47. The van der Waals surface area contributed by atoms with E-state index in [1.807, 2.05) is 6.92 Å². The van der Waals surface area contributed by atoms with E-state index in [-0.39, 0.29) is 11.7 Å². The Hall–Kier alpha value is -1.60. The lowest BCUT2D eigenvalue weighted by Crippen LogP contribution is -2.14. The minimum atomic E-state index is -4.53. The Labute approximate surface area is 124 Å². The Morgan fingerprint density at radius 2 is 1.95 bits per heavy atom. The molecule has 118 valence electrons. The number of carboxylic acid groups (broad SMARTS) is 1. The fourth-order valence-corrected chi connectivity index (χ4v) is 2.65. The van der Waals surface area contributed by atoms with Gasteiger partial charge in [0.2, 0.25) is 0 Å². The molecule has 0 saturated heterocycles. The van der Waals surface area contributed by atoms with Crippen molar-refractivity contribution < 1.29 is 27.1 Å². The summed E-state index contributed by atoms with van der Waals surface area (Å²) >= 11 is 0. The molecular formula is C14H20O6S. The fourth-order valence-electron chi connectivity index (χ4n) is 2.24. The van der Waals surface area contributed by atoms with E-state index in [4.69, 9.17) is 9.66 Å². The maximum atomic E-state index is 10.8. The first-order valence-electron chi connectivity index (χ1n) is 6.57. The largest absolute Gasteiger partial charge is 0.481 e. The van der Waals surface area contributed by atoms with Crippen LogP contribution in [0.5, 0.6) is 5.75 Å². The number of hydrogen-bond acceptors (Lipinski definition) is 4. The summed E-state index contributed by atoms with van der Waals surface area (Å²) in [6, 6.07) is 4.95. The Kier molecular flexibility index (Phi) is 5.74. The van der Waals surface area contributed by atoms with Crippen LogP contribution in [0.3, 0.4) is 0 Å². The smallest absolute Gasteiger partial charge is 0.446 e. The highest BCUT2D eigenvalue weighted by Gasteiger charge is 2.16. The second kappa shape index (κ2) is 6.91. The van der Waals surface area contributed by atoms with Gasteiger partial charge in [0.1, 0.15) is 5.75 Å². The Morgan fingerprint density at radius 1 is 1.33 bits per heavy atom. The molecule has 1 aromatic rings. The minimum absolute atomic E-state index is 0.0767. The molecule has 0 fully saturated rings. The van der Waals surface area contributed by atoms with Crippen LogP contribution in [0.15, 0.2) is 18.2 Å². The van der Waals surface area contributed by atoms with Crippen molar-refractivity contribution in [2.45, 2.75) is 33.6 Å². The molecule has 0 spiro atoms. The van der Waals surface area contributed by atoms with Gasteiger partial charge in [-0.2, -0.15) is 8.42 Å². The van der Waals surface area contributed by atoms with Gasteiger partial charge in [-0.15, -0.1) is 0 Å². The second-order valence-corrected chi connectivity index (χ2v) is 6.42. The quantitative estimate of drug-likeness (QED) is 0.749. The van der Waals surface area contributed by atoms with Crippen LogP contribution >= 0.6 is 0 Å². The lowest BCUT2D eigenvalue weighted by atomic mass is 9.91. The van der Waals surface area contributed by atoms with Crippen LogP contribution < -0.4 is 4.18 Å². The van der Waals surface area contributed by atoms with Crippen molar-refractivity contribution in [3.63, 3.8) is 0 Å². The number of aryl methyl sites for hydroxylation is 1. The van der Waals surface area contributed by atoms with Gasteiger partial charge in [-0.3, -0.25) is 9.35 Å². The van der Waals surface area contributed by atoms with Crippen molar-refractivity contribution in [1.29, 1.82) is 0 Å². The summed E-state index contributed by atoms with van der Waals surface area (Å²) in [5, 5.41) is 8.89. The average molecular weight is 316 g/mol. The molecule has 0 aromatic heterocycles. The number of hydrogen-bond donors (Lipinski definition) is 2. The maximum Gasteiger partial charge on any atom is 0.446 e. The normalized spacial score (nSPS) is 14.5. The van der Waals surface area contributed by atoms with Gasteiger partial charge >= 0.3 is 16.4 Å². The molecule has 6 nitrogen and oxygen atoms in total. The monoisotopic (exact) mass is 316 g/mol. The molecule has 21 heavy (non-hydrogen) atoms. The summed E-state index contributed by atoms with van der Waals surface area (Å²) < 4.78 is 34.5. The number of carboxylic acids is 1. The topological polar surface area (TPSA) is 101 Å². The van der Waals surface area contributed by atoms with Crippen molar-refractivity contribution in [3.8, 4) is 5.75 Å². The minimum Gasteiger partial charge on any atom is -0.481 e. The predicted molar refractivity (Wildman–Crippen MR) is 77.6 cm³/mol. The lowest BCUT2D eigenvalue weighted by Gasteiger charge is -2.15. The summed E-state index contributed by atoms with van der Waals surface area (Å²) in [6.07, 6.45) is 1.25. The first kappa shape index (κ1) is 17.5. The molecular weight excluding hydrogens is 296 g/mol. The number of carbonyl (C=O) groups is 1. The van der Waals surface area contributed by atoms with Gasteiger partial charge < -0.3 is 9.29 Å². The number of aliphatic carboxylic acids is 1. The van der Waals surface area contributed by atoms with E-state index in [1.165, 1.54) is 6.07 Å². The van der Waals surface area contributed by atoms with Gasteiger partial charge in [-0.25, -0.2) is 0 Å². The summed E-state index contributed by atoms with van der Waals surface area (Å²) in [6.45, 7) is 5.32. The molecule has 1 unspecified atom stereocenters. The van der Waals surface area contributed by atoms with Crippen molar-refractivity contribution in [3.05, 3.63) is 29.3 Å². The van der Waals surface area contributed by atoms with Crippen LogP contribution in [0, 0.1) is 18.8 Å². The molecule has 0 radical (unpaired) electrons. The standard InChI is InChI=1S/C14H20O6S/c1-9(6-11(3)14(15)16)7-12-4-5-13(10(2)8-12)20-21(17,18)19/h4-5,8-9,11H,6-7H2,1-3H3,(H,15,16)(H,17,18,19)/t9-,11?/m1/s1. The zero-order valence-electron chi connectivity index (χ0n) is 12.2. The molecule has 2 N–H and O–H groups in total. The SMILES string of the molecule is Cc1cc(C[C@H](C)CC(C)C(=O)O)ccc1OS(=O)(=O)O. The van der Waals surface area contributed by atoms with Crippen molar-refractivity contribution >= 4 is 16.4 Å². The third-order valence-corrected chi connectivity index (χ3v) is 3.59. The molecule has 0 aliphatic heterocycles. The van der Waals surface area contributed by atoms with Crippen LogP contribution in [-0.4, -0.2) is 24.0 Å². The Bertz CT molecular complexity index is 608. The van der Waals surface area contributed by atoms with Crippen molar-refractivity contribution in [2.75, 3.05) is 0 Å². The Balaban J connectivity index is 2.74. The van der Waals surface area contributed by atoms with Gasteiger partial charge in [-0.05, 0) is 42.9 Å². The third-order valence-electron chi connectivity index (χ3n) is 3.20. The zero-order valence-corrected chi connectivity index (χ0v) is 13.1. The first-order chi connectivity index (χ1) is 9.58. The van der Waals surface area contributed by atoms with Gasteiger partial charge in [0.05, 0.1) is 5.92 Å². The second-order valence-electron chi connectivity index (χ2n) is 5.40. The third kappa shape index (κ3) is 6.14. The molecule has 0 saturated carbocycles. The van der Waals surface area contributed by atoms with E-state index in [1.54, 1.807) is 26.0 Å². The van der Waals surface area contributed by atoms with E-state index in [9.17, 15) is 13.2 Å². The molecule has 0 bridgehead atoms. The molecule has 7 heteroatoms. The molecule has 0 aliphatic rings. The van der Waals surface area contributed by atoms with Gasteiger partial charge in [-0.1, -0.05) is 26.0 Å². The molecule has 2 atom stereocenters. The van der Waals surface area contributed by atoms with E-state index in [0.717, 1.165) is 5.56 Å². The molecule has 0 heterocycles. The van der Waals surface area contributed by atoms with Crippen LogP contribution in [-0.2, 0) is 21.6 Å². The molecule has 0 aliphatic carbocycles. The van der Waals surface area contributed by atoms with Crippen molar-refractivity contribution in [2.24, 2.45) is 11.8 Å². The first-order valence-corrected chi connectivity index (χ1v) is 7.94. The van der Waals surface area contributed by atoms with Gasteiger partial charge in [0.25, 0.3) is 0 Å². The van der Waals surface area contributed by atoms with Gasteiger partial charge in [0, 0.05) is 0 Å². The van der Waals surface area contributed by atoms with Crippen LogP contribution in [0.1, 0.15) is 31.4 Å². The fraction of sp³-hybridized carbons (Fsp3) is 0.500. The highest BCUT2D eigenvalue weighted by atomic mass is 32.3. The average Bonchev–Trinajstić information content (AvgIpc) is 2.30. The van der Waals surface area contributed by atoms with E-state index >= 15 is 0 Å². The van der Waals surface area contributed by atoms with Crippen molar-refractivity contribution in [1.82, 2.24) is 0 Å².